The van der Waals surface area contributed by atoms with Crippen LogP contribution in [0.1, 0.15) is 56.0 Å². The molecule has 1 aromatic heterocycles. The smallest absolute Gasteiger partial charge is 0.231 e. The Hall–Kier alpha value is -0.200. The predicted molar refractivity (Wildman–Crippen MR) is 83.3 cm³/mol. The Morgan fingerprint density at radius 3 is 2.85 bits per heavy atom. The number of nitrogens with one attached hydrogen (secondary N) is 1. The van der Waals surface area contributed by atoms with Crippen molar-refractivity contribution in [1.82, 2.24) is 15.5 Å². The number of fused-ring (bicyclic) bond motifs is 2. The molecule has 4 nitrogen and oxygen atoms in total. The van der Waals surface area contributed by atoms with E-state index >= 15 is 0 Å². The zero-order chi connectivity index (χ0) is 13.7. The highest BCUT2D eigenvalue weighted by molar-refractivity contribution is 8.07. The van der Waals surface area contributed by atoms with Gasteiger partial charge in [-0.25, -0.2) is 0 Å². The van der Waals surface area contributed by atoms with E-state index in [9.17, 15) is 0 Å². The van der Waals surface area contributed by atoms with Crippen molar-refractivity contribution in [1.29, 1.82) is 0 Å². The molecule has 6 atom stereocenters. The molecule has 0 radical (unpaired) electrons. The maximum Gasteiger partial charge on any atom is 0.231 e. The van der Waals surface area contributed by atoms with Gasteiger partial charge >= 0.3 is 0 Å². The van der Waals surface area contributed by atoms with Crippen LogP contribution in [0, 0.1) is 0 Å². The van der Waals surface area contributed by atoms with Crippen LogP contribution in [-0.2, 0) is 0 Å². The van der Waals surface area contributed by atoms with Crippen molar-refractivity contribution in [3.63, 3.8) is 0 Å². The minimum atomic E-state index is 0.398. The van der Waals surface area contributed by atoms with E-state index in [0.717, 1.165) is 22.7 Å². The Kier molecular flexibility index (Phi) is 3.51. The average Bonchev–Trinajstić information content (AvgIpc) is 3.16. The molecule has 0 amide bonds. The zero-order valence-corrected chi connectivity index (χ0v) is 13.5. The quantitative estimate of drug-likeness (QED) is 0.906. The zero-order valence-electron chi connectivity index (χ0n) is 11.9. The van der Waals surface area contributed by atoms with Gasteiger partial charge in [0.2, 0.25) is 5.89 Å². The molecule has 3 fully saturated rings. The van der Waals surface area contributed by atoms with E-state index in [2.05, 4.69) is 24.3 Å². The largest absolute Gasteiger partial charge is 0.339 e. The molecule has 2 bridgehead atoms. The average molecular weight is 311 g/mol. The highest BCUT2D eigenvalue weighted by Gasteiger charge is 2.43. The lowest BCUT2D eigenvalue weighted by molar-refractivity contribution is 0.327. The Morgan fingerprint density at radius 2 is 2.15 bits per heavy atom. The van der Waals surface area contributed by atoms with Gasteiger partial charge in [0, 0.05) is 28.3 Å². The monoisotopic (exact) mass is 311 g/mol. The fourth-order valence-electron chi connectivity index (χ4n) is 3.54. The van der Waals surface area contributed by atoms with Crippen LogP contribution in [0.2, 0.25) is 0 Å². The predicted octanol–water partition coefficient (Wildman–Crippen LogP) is 2.98. The molecule has 20 heavy (non-hydrogen) atoms. The third-order valence-electron chi connectivity index (χ3n) is 4.91. The SMILES string of the molecule is CC1SCC(c2noc(C3CC4CCC3N4)n2)SC1C. The van der Waals surface area contributed by atoms with Gasteiger partial charge < -0.3 is 9.84 Å². The van der Waals surface area contributed by atoms with Gasteiger partial charge in [-0.3, -0.25) is 0 Å². The Balaban J connectivity index is 1.48. The molecule has 0 aliphatic carbocycles. The Morgan fingerprint density at radius 1 is 1.25 bits per heavy atom. The van der Waals surface area contributed by atoms with Crippen molar-refractivity contribution in [2.24, 2.45) is 0 Å². The van der Waals surface area contributed by atoms with Gasteiger partial charge in [0.15, 0.2) is 5.82 Å². The minimum Gasteiger partial charge on any atom is -0.339 e. The second-order valence-corrected chi connectivity index (χ2v) is 9.24. The molecule has 3 saturated heterocycles. The summed E-state index contributed by atoms with van der Waals surface area (Å²) >= 11 is 4.03. The van der Waals surface area contributed by atoms with Crippen LogP contribution in [0.15, 0.2) is 4.52 Å². The molecule has 3 aliphatic rings. The Bertz CT molecular complexity index is 495. The standard InChI is InChI=1S/C14H21N3OS2/c1-7-8(2)20-12(6-19-7)13-16-14(18-17-13)10-5-9-3-4-11(10)15-9/h7-12,15H,3-6H2,1-2H3. The van der Waals surface area contributed by atoms with Crippen molar-refractivity contribution in [2.75, 3.05) is 5.75 Å². The number of nitrogens with zero attached hydrogens (tertiary/aromatic N) is 2. The highest BCUT2D eigenvalue weighted by atomic mass is 32.2. The summed E-state index contributed by atoms with van der Waals surface area (Å²) in [5.41, 5.74) is 0. The van der Waals surface area contributed by atoms with Crippen molar-refractivity contribution in [3.8, 4) is 0 Å². The number of thioether (sulfide) groups is 2. The first kappa shape index (κ1) is 13.5. The maximum atomic E-state index is 5.59. The molecule has 4 heterocycles. The third kappa shape index (κ3) is 2.29. The van der Waals surface area contributed by atoms with Crippen molar-refractivity contribution >= 4 is 23.5 Å². The molecule has 6 heteroatoms. The van der Waals surface area contributed by atoms with E-state index in [-0.39, 0.29) is 0 Å². The molecular weight excluding hydrogens is 290 g/mol. The van der Waals surface area contributed by atoms with Gasteiger partial charge in [0.1, 0.15) is 0 Å². The number of aromatic nitrogens is 2. The lowest BCUT2D eigenvalue weighted by atomic mass is 9.89. The second-order valence-electron chi connectivity index (χ2n) is 6.25. The van der Waals surface area contributed by atoms with Gasteiger partial charge in [-0.15, -0.1) is 11.8 Å². The molecule has 1 N–H and O–H groups in total. The third-order valence-corrected chi connectivity index (χ3v) is 8.30. The maximum absolute atomic E-state index is 5.59. The van der Waals surface area contributed by atoms with Gasteiger partial charge in [0.25, 0.3) is 0 Å². The Labute approximate surface area is 128 Å². The summed E-state index contributed by atoms with van der Waals surface area (Å²) in [6.07, 6.45) is 3.74. The number of hydrogen-bond acceptors (Lipinski definition) is 6. The summed E-state index contributed by atoms with van der Waals surface area (Å²) in [6, 6.07) is 1.25. The molecular formula is C14H21N3OS2. The summed E-state index contributed by atoms with van der Waals surface area (Å²) in [4.78, 5) is 4.74. The molecule has 0 saturated carbocycles. The molecule has 1 aromatic rings. The molecule has 6 unspecified atom stereocenters. The second kappa shape index (κ2) is 5.21. The summed E-state index contributed by atoms with van der Waals surface area (Å²) in [5, 5.41) is 9.70. The summed E-state index contributed by atoms with van der Waals surface area (Å²) < 4.78 is 5.59. The molecule has 0 aromatic carbocycles. The molecule has 0 spiro atoms. The van der Waals surface area contributed by atoms with Gasteiger partial charge in [0.05, 0.1) is 11.2 Å². The van der Waals surface area contributed by atoms with E-state index < -0.39 is 0 Å². The van der Waals surface area contributed by atoms with Crippen LogP contribution in [0.4, 0.5) is 0 Å². The van der Waals surface area contributed by atoms with Crippen LogP contribution < -0.4 is 5.32 Å². The fourth-order valence-corrected chi connectivity index (χ4v) is 6.38. The van der Waals surface area contributed by atoms with Gasteiger partial charge in [-0.2, -0.15) is 16.7 Å². The van der Waals surface area contributed by atoms with Crippen LogP contribution in [0.25, 0.3) is 0 Å². The van der Waals surface area contributed by atoms with E-state index in [1.165, 1.54) is 19.3 Å². The number of rotatable bonds is 2. The van der Waals surface area contributed by atoms with Crippen molar-refractivity contribution < 1.29 is 4.52 Å². The normalized spacial score (nSPS) is 44.1. The molecule has 3 aliphatic heterocycles. The van der Waals surface area contributed by atoms with Crippen LogP contribution in [0.3, 0.4) is 0 Å². The van der Waals surface area contributed by atoms with Crippen molar-refractivity contribution in [3.05, 3.63) is 11.7 Å². The first-order valence-electron chi connectivity index (χ1n) is 7.57. The first-order chi connectivity index (χ1) is 9.70. The van der Waals surface area contributed by atoms with E-state index in [1.54, 1.807) is 0 Å². The van der Waals surface area contributed by atoms with Gasteiger partial charge in [-0.05, 0) is 19.3 Å². The highest BCUT2D eigenvalue weighted by Crippen LogP contribution is 2.44. The summed E-state index contributed by atoms with van der Waals surface area (Å²) in [6.45, 7) is 4.61. The van der Waals surface area contributed by atoms with E-state index in [4.69, 9.17) is 9.51 Å². The summed E-state index contributed by atoms with van der Waals surface area (Å²) in [7, 11) is 0. The van der Waals surface area contributed by atoms with Crippen LogP contribution >= 0.6 is 23.5 Å². The lowest BCUT2D eigenvalue weighted by Crippen LogP contribution is -2.23. The topological polar surface area (TPSA) is 51.0 Å². The van der Waals surface area contributed by atoms with Crippen LogP contribution in [0.5, 0.6) is 0 Å². The van der Waals surface area contributed by atoms with Crippen molar-refractivity contribution in [2.45, 2.75) is 66.9 Å². The molecule has 110 valence electrons. The molecule has 4 rings (SSSR count). The number of hydrogen-bond donors (Lipinski definition) is 1. The first-order valence-corrected chi connectivity index (χ1v) is 9.56. The van der Waals surface area contributed by atoms with E-state index in [0.29, 0.717) is 28.5 Å². The van der Waals surface area contributed by atoms with Gasteiger partial charge in [-0.1, -0.05) is 19.0 Å². The van der Waals surface area contributed by atoms with E-state index in [1.807, 2.05) is 23.5 Å². The lowest BCUT2D eigenvalue weighted by Gasteiger charge is -2.29. The summed E-state index contributed by atoms with van der Waals surface area (Å²) in [5.74, 6) is 3.34. The van der Waals surface area contributed by atoms with Crippen LogP contribution in [-0.4, -0.2) is 38.5 Å². The minimum absolute atomic E-state index is 0.398. The fraction of sp³-hybridized carbons (Fsp3) is 0.857.